The number of rotatable bonds is 4. The Hall–Kier alpha value is -2.82. The highest BCUT2D eigenvalue weighted by molar-refractivity contribution is 6.02. The molecule has 0 aliphatic rings. The van der Waals surface area contributed by atoms with Crippen LogP contribution in [0.4, 0.5) is 0 Å². The fourth-order valence-electron chi connectivity index (χ4n) is 2.15. The number of benzene rings is 2. The Kier molecular flexibility index (Phi) is 3.55. The number of nitrogens with one attached hydrogen (secondary N) is 1. The number of nitrogens with zero attached hydrogens (tertiary/aromatic N) is 2. The van der Waals surface area contributed by atoms with Crippen molar-refractivity contribution in [2.24, 2.45) is 0 Å². The summed E-state index contributed by atoms with van der Waals surface area (Å²) in [6.45, 7) is 2.40. The molecule has 3 rings (SSSR count). The molecule has 0 fully saturated rings. The van der Waals surface area contributed by atoms with Gasteiger partial charge in [0.05, 0.1) is 23.2 Å². The Bertz CT molecular complexity index is 780. The molecule has 1 amide bonds. The molecule has 3 aromatic rings. The molecular formula is C16H15N3O2. The lowest BCUT2D eigenvalue weighted by molar-refractivity contribution is 0.100. The Morgan fingerprint density at radius 1 is 1.19 bits per heavy atom. The summed E-state index contributed by atoms with van der Waals surface area (Å²) in [4.78, 5) is 16.7. The maximum Gasteiger partial charge on any atom is 0.273 e. The van der Waals surface area contributed by atoms with Crippen LogP contribution in [-0.2, 0) is 0 Å². The number of amides is 1. The van der Waals surface area contributed by atoms with Crippen LogP contribution in [0.25, 0.3) is 11.0 Å². The zero-order valence-electron chi connectivity index (χ0n) is 11.6. The average molecular weight is 281 g/mol. The maximum absolute atomic E-state index is 12.4. The van der Waals surface area contributed by atoms with E-state index in [-0.39, 0.29) is 5.91 Å². The van der Waals surface area contributed by atoms with Gasteiger partial charge in [-0.25, -0.2) is 9.66 Å². The second kappa shape index (κ2) is 5.66. The van der Waals surface area contributed by atoms with Crippen LogP contribution in [-0.4, -0.2) is 22.2 Å². The normalized spacial score (nSPS) is 10.5. The van der Waals surface area contributed by atoms with Gasteiger partial charge in [0.15, 0.2) is 0 Å². The number of fused-ring (bicyclic) bond motifs is 1. The molecule has 5 heteroatoms. The Morgan fingerprint density at radius 3 is 2.81 bits per heavy atom. The van der Waals surface area contributed by atoms with Crippen LogP contribution in [0.2, 0.25) is 0 Å². The fourth-order valence-corrected chi connectivity index (χ4v) is 2.15. The second-order valence-corrected chi connectivity index (χ2v) is 4.47. The third kappa shape index (κ3) is 2.58. The molecule has 0 radical (unpaired) electrons. The summed E-state index contributed by atoms with van der Waals surface area (Å²) in [5.41, 5.74) is 4.99. The van der Waals surface area contributed by atoms with Gasteiger partial charge in [-0.3, -0.25) is 10.2 Å². The van der Waals surface area contributed by atoms with Gasteiger partial charge in [0.1, 0.15) is 12.1 Å². The minimum Gasteiger partial charge on any atom is -0.493 e. The number of ether oxygens (including phenoxy) is 1. The van der Waals surface area contributed by atoms with Crippen molar-refractivity contribution in [3.8, 4) is 5.75 Å². The van der Waals surface area contributed by atoms with E-state index in [0.717, 1.165) is 11.0 Å². The predicted octanol–water partition coefficient (Wildman–Crippen LogP) is 2.82. The number of hydrogen-bond acceptors (Lipinski definition) is 3. The van der Waals surface area contributed by atoms with Crippen LogP contribution in [0.3, 0.4) is 0 Å². The van der Waals surface area contributed by atoms with Crippen LogP contribution in [0.5, 0.6) is 5.75 Å². The van der Waals surface area contributed by atoms with Crippen molar-refractivity contribution in [3.63, 3.8) is 0 Å². The molecule has 0 aliphatic carbocycles. The molecule has 0 spiro atoms. The lowest BCUT2D eigenvalue weighted by Crippen LogP contribution is -2.22. The number of para-hydroxylation sites is 3. The van der Waals surface area contributed by atoms with Gasteiger partial charge < -0.3 is 4.74 Å². The number of carbonyl (C=O) groups excluding carboxylic acids is 1. The molecule has 21 heavy (non-hydrogen) atoms. The smallest absolute Gasteiger partial charge is 0.273 e. The van der Waals surface area contributed by atoms with Crippen LogP contribution in [0.1, 0.15) is 17.3 Å². The van der Waals surface area contributed by atoms with Crippen molar-refractivity contribution >= 4 is 16.9 Å². The van der Waals surface area contributed by atoms with E-state index in [0.29, 0.717) is 17.9 Å². The Morgan fingerprint density at radius 2 is 1.95 bits per heavy atom. The van der Waals surface area contributed by atoms with Gasteiger partial charge in [-0.2, -0.15) is 0 Å². The monoisotopic (exact) mass is 281 g/mol. The van der Waals surface area contributed by atoms with Crippen molar-refractivity contribution in [2.75, 3.05) is 12.0 Å². The molecule has 106 valence electrons. The first-order valence-corrected chi connectivity index (χ1v) is 6.75. The minimum absolute atomic E-state index is 0.234. The molecule has 0 aliphatic heterocycles. The summed E-state index contributed by atoms with van der Waals surface area (Å²) < 4.78 is 7.09. The van der Waals surface area contributed by atoms with E-state index in [1.807, 2.05) is 43.3 Å². The first kappa shape index (κ1) is 13.2. The number of aromatic nitrogens is 2. The zero-order valence-corrected chi connectivity index (χ0v) is 11.6. The number of carbonyl (C=O) groups is 1. The number of hydrogen-bond donors (Lipinski definition) is 1. The van der Waals surface area contributed by atoms with E-state index >= 15 is 0 Å². The summed E-state index contributed by atoms with van der Waals surface area (Å²) in [6.07, 6.45) is 1.59. The highest BCUT2D eigenvalue weighted by atomic mass is 16.5. The van der Waals surface area contributed by atoms with E-state index in [1.165, 1.54) is 0 Å². The predicted molar refractivity (Wildman–Crippen MR) is 81.0 cm³/mol. The molecule has 1 aromatic heterocycles. The van der Waals surface area contributed by atoms with E-state index < -0.39 is 0 Å². The summed E-state index contributed by atoms with van der Waals surface area (Å²) in [5.74, 6) is 0.337. The summed E-state index contributed by atoms with van der Waals surface area (Å²) in [7, 11) is 0. The number of imidazole rings is 1. The van der Waals surface area contributed by atoms with Crippen LogP contribution >= 0.6 is 0 Å². The van der Waals surface area contributed by atoms with Gasteiger partial charge in [0.25, 0.3) is 5.91 Å². The molecule has 5 nitrogen and oxygen atoms in total. The fraction of sp³-hybridized carbons (Fsp3) is 0.125. The Balaban J connectivity index is 1.90. The van der Waals surface area contributed by atoms with Gasteiger partial charge in [0, 0.05) is 0 Å². The van der Waals surface area contributed by atoms with E-state index in [9.17, 15) is 4.79 Å². The quantitative estimate of drug-likeness (QED) is 0.800. The first-order valence-electron chi connectivity index (χ1n) is 6.75. The largest absolute Gasteiger partial charge is 0.493 e. The molecule has 1 N–H and O–H groups in total. The highest BCUT2D eigenvalue weighted by Crippen LogP contribution is 2.18. The molecule has 0 unspecified atom stereocenters. The topological polar surface area (TPSA) is 56.1 Å². The highest BCUT2D eigenvalue weighted by Gasteiger charge is 2.13. The van der Waals surface area contributed by atoms with Crippen molar-refractivity contribution in [2.45, 2.75) is 6.92 Å². The van der Waals surface area contributed by atoms with Gasteiger partial charge in [0.2, 0.25) is 0 Å². The molecule has 0 saturated carbocycles. The molecule has 2 aromatic carbocycles. The van der Waals surface area contributed by atoms with Gasteiger partial charge in [-0.15, -0.1) is 0 Å². The molecule has 0 saturated heterocycles. The standard InChI is InChI=1S/C16H15N3O2/c1-2-21-15-10-6-3-7-12(15)16(20)18-19-11-17-13-8-4-5-9-14(13)19/h3-11H,2H2,1H3,(H,18,20). The summed E-state index contributed by atoms with van der Waals surface area (Å²) in [6, 6.07) is 14.8. The summed E-state index contributed by atoms with van der Waals surface area (Å²) in [5, 5.41) is 0. The van der Waals surface area contributed by atoms with Gasteiger partial charge >= 0.3 is 0 Å². The van der Waals surface area contributed by atoms with Gasteiger partial charge in [-0.1, -0.05) is 24.3 Å². The van der Waals surface area contributed by atoms with Crippen molar-refractivity contribution in [1.29, 1.82) is 0 Å². The molecular weight excluding hydrogens is 266 g/mol. The molecule has 1 heterocycles. The SMILES string of the molecule is CCOc1ccccc1C(=O)Nn1cnc2ccccc21. The van der Waals surface area contributed by atoms with Crippen LogP contribution in [0, 0.1) is 0 Å². The Labute approximate surface area is 122 Å². The van der Waals surface area contributed by atoms with Crippen LogP contribution in [0.15, 0.2) is 54.9 Å². The van der Waals surface area contributed by atoms with E-state index in [1.54, 1.807) is 23.1 Å². The zero-order chi connectivity index (χ0) is 14.7. The second-order valence-electron chi connectivity index (χ2n) is 4.47. The minimum atomic E-state index is -0.234. The third-order valence-electron chi connectivity index (χ3n) is 3.11. The van der Waals surface area contributed by atoms with E-state index in [4.69, 9.17) is 4.74 Å². The lowest BCUT2D eigenvalue weighted by atomic mass is 10.2. The third-order valence-corrected chi connectivity index (χ3v) is 3.11. The lowest BCUT2D eigenvalue weighted by Gasteiger charge is -2.11. The average Bonchev–Trinajstić information content (AvgIpc) is 2.91. The molecule has 0 atom stereocenters. The first-order chi connectivity index (χ1) is 10.3. The maximum atomic E-state index is 12.4. The van der Waals surface area contributed by atoms with Crippen LogP contribution < -0.4 is 10.2 Å². The van der Waals surface area contributed by atoms with E-state index in [2.05, 4.69) is 10.4 Å². The summed E-state index contributed by atoms with van der Waals surface area (Å²) >= 11 is 0. The van der Waals surface area contributed by atoms with Gasteiger partial charge in [-0.05, 0) is 31.2 Å². The van der Waals surface area contributed by atoms with Crippen molar-refractivity contribution in [1.82, 2.24) is 9.66 Å². The molecule has 0 bridgehead atoms. The van der Waals surface area contributed by atoms with Crippen molar-refractivity contribution < 1.29 is 9.53 Å². The van der Waals surface area contributed by atoms with Crippen molar-refractivity contribution in [3.05, 3.63) is 60.4 Å².